The van der Waals surface area contributed by atoms with Crippen LogP contribution < -0.4 is 21.7 Å². The van der Waals surface area contributed by atoms with E-state index in [1.54, 1.807) is 24.3 Å². The number of nitrogens with one attached hydrogen (secondary N) is 1. The van der Waals surface area contributed by atoms with Crippen LogP contribution in [0.5, 0.6) is 5.75 Å². The fraction of sp³-hybridized carbons (Fsp3) is 0.512. The number of carbonyl (C=O) groups is 4. The number of phenols is 1. The standard InChI is InChI=1S/C41H51N9O5/c1-25-18-27(12-15-48(25)28-6-7-30-32(19-28)41(55)50(40(30)54)34-8-9-37(52)45-39(34)53)23-46-13-10-26(11-14-46)22-47-16-17-49-29(24-47)21-44-38(43)35(49)20-33(42)31-4-2-3-5-36(31)51/h2-7,19-20,25-27,29,34H,8-18,21-24H2,1H3,(H5,42,43,44,45,51,52,53)/p+1/t25-,27-,29+,34?/m1/s1. The number of piperazine rings is 1. The Morgan fingerprint density at radius 3 is 2.45 bits per heavy atom. The quantitative estimate of drug-likeness (QED) is 0.229. The van der Waals surface area contributed by atoms with Crippen LogP contribution in [0.2, 0.25) is 0 Å². The zero-order chi connectivity index (χ0) is 38.4. The van der Waals surface area contributed by atoms with E-state index in [0.717, 1.165) is 81.5 Å². The van der Waals surface area contributed by atoms with Crippen LogP contribution in [-0.4, -0.2) is 137 Å². The van der Waals surface area contributed by atoms with Crippen LogP contribution in [0.3, 0.4) is 0 Å². The summed E-state index contributed by atoms with van der Waals surface area (Å²) >= 11 is 0. The third-order valence-corrected chi connectivity index (χ3v) is 12.6. The number of amides is 4. The van der Waals surface area contributed by atoms with Gasteiger partial charge in [0.05, 0.1) is 24.2 Å². The minimum absolute atomic E-state index is 0.101. The van der Waals surface area contributed by atoms with Crippen LogP contribution in [0.4, 0.5) is 5.69 Å². The molecule has 6 aliphatic heterocycles. The van der Waals surface area contributed by atoms with E-state index in [0.29, 0.717) is 46.6 Å². The number of hydrogen-bond donors (Lipinski definition) is 4. The molecule has 0 bridgehead atoms. The van der Waals surface area contributed by atoms with E-state index in [4.69, 9.17) is 11.5 Å². The number of nitrogens with zero attached hydrogens (tertiary/aromatic N) is 6. The third-order valence-electron chi connectivity index (χ3n) is 12.6. The van der Waals surface area contributed by atoms with Crippen molar-refractivity contribution in [2.75, 3.05) is 63.8 Å². The van der Waals surface area contributed by atoms with Crippen LogP contribution >= 0.6 is 0 Å². The molecular weight excluding hydrogens is 699 g/mol. The predicted octanol–water partition coefficient (Wildman–Crippen LogP) is 1.62. The molecule has 0 aromatic heterocycles. The average molecular weight is 751 g/mol. The molecule has 4 amide bonds. The van der Waals surface area contributed by atoms with E-state index in [-0.39, 0.29) is 36.6 Å². The van der Waals surface area contributed by atoms with Crippen LogP contribution in [0, 0.1) is 11.8 Å². The van der Waals surface area contributed by atoms with Crippen molar-refractivity contribution in [2.45, 2.75) is 63.6 Å². The first-order chi connectivity index (χ1) is 26.5. The van der Waals surface area contributed by atoms with Crippen LogP contribution in [0.25, 0.3) is 5.70 Å². The van der Waals surface area contributed by atoms with E-state index in [2.05, 4.69) is 36.5 Å². The van der Waals surface area contributed by atoms with Gasteiger partial charge in [-0.15, -0.1) is 0 Å². The molecular formula is C41H52N9O5+. The highest BCUT2D eigenvalue weighted by molar-refractivity contribution is 6.44. The van der Waals surface area contributed by atoms with E-state index >= 15 is 0 Å². The smallest absolute Gasteiger partial charge is 0.262 e. The lowest BCUT2D eigenvalue weighted by Crippen LogP contribution is -2.56. The van der Waals surface area contributed by atoms with Crippen molar-refractivity contribution in [3.05, 3.63) is 65.2 Å². The van der Waals surface area contributed by atoms with Gasteiger partial charge < -0.3 is 26.4 Å². The summed E-state index contributed by atoms with van der Waals surface area (Å²) < 4.78 is 2.34. The molecule has 14 nitrogen and oxygen atoms in total. The van der Waals surface area contributed by atoms with E-state index in [9.17, 15) is 24.3 Å². The van der Waals surface area contributed by atoms with Crippen LogP contribution in [0.1, 0.15) is 71.7 Å². The van der Waals surface area contributed by atoms with Crippen molar-refractivity contribution in [3.63, 3.8) is 0 Å². The highest BCUT2D eigenvalue weighted by atomic mass is 16.3. The highest BCUT2D eigenvalue weighted by Crippen LogP contribution is 2.35. The molecule has 6 heterocycles. The second-order valence-corrected chi connectivity index (χ2v) is 16.2. The maximum Gasteiger partial charge on any atom is 0.262 e. The van der Waals surface area contributed by atoms with Gasteiger partial charge in [-0.3, -0.25) is 39.3 Å². The number of carbonyl (C=O) groups excluding carboxylic acids is 4. The number of phenolic OH excluding ortho intramolecular Hbond substituents is 1. The zero-order valence-corrected chi connectivity index (χ0v) is 31.5. The van der Waals surface area contributed by atoms with Gasteiger partial charge in [-0.1, -0.05) is 12.1 Å². The number of nitrogens with two attached hydrogens (primary N) is 2. The number of amidine groups is 1. The second-order valence-electron chi connectivity index (χ2n) is 16.2. The SMILES string of the molecule is C[C@@H]1C[C@H](CN2CCC(CN3CC[N+]4=C(/C=C(\N)c5ccccc5O)C(N)=NC[C@H]4C3)CC2)CCN1c1ccc2c(c1)C(=O)N(C1CCC(=O)NC1=O)C2=O. The molecule has 0 saturated carbocycles. The van der Waals surface area contributed by atoms with E-state index in [1.165, 1.54) is 12.8 Å². The first-order valence-electron chi connectivity index (χ1n) is 19.8. The summed E-state index contributed by atoms with van der Waals surface area (Å²) in [6.07, 6.45) is 6.60. The van der Waals surface area contributed by atoms with Gasteiger partial charge >= 0.3 is 0 Å². The zero-order valence-electron chi connectivity index (χ0n) is 31.5. The number of anilines is 1. The van der Waals surface area contributed by atoms with Crippen molar-refractivity contribution in [1.29, 1.82) is 0 Å². The normalized spacial score (nSPS) is 27.3. The van der Waals surface area contributed by atoms with Gasteiger partial charge in [0.15, 0.2) is 18.4 Å². The predicted molar refractivity (Wildman–Crippen MR) is 209 cm³/mol. The summed E-state index contributed by atoms with van der Waals surface area (Å²) in [5.74, 6) is -0.0211. The maximum absolute atomic E-state index is 13.4. The third kappa shape index (κ3) is 7.37. The summed E-state index contributed by atoms with van der Waals surface area (Å²) in [6, 6.07) is 12.1. The molecule has 0 radical (unpaired) electrons. The fourth-order valence-corrected chi connectivity index (χ4v) is 9.63. The van der Waals surface area contributed by atoms with Crippen LogP contribution in [0.15, 0.2) is 53.5 Å². The van der Waals surface area contributed by atoms with Crippen molar-refractivity contribution >= 4 is 46.6 Å². The van der Waals surface area contributed by atoms with Gasteiger partial charge in [-0.25, -0.2) is 4.58 Å². The number of para-hydroxylation sites is 1. The number of likely N-dealkylation sites (tertiary alicyclic amines) is 1. The van der Waals surface area contributed by atoms with Gasteiger partial charge in [-0.05, 0) is 94.3 Å². The molecule has 0 spiro atoms. The number of aromatic hydroxyl groups is 1. The number of imide groups is 2. The topological polar surface area (TPSA) is 181 Å². The molecule has 14 heteroatoms. The molecule has 2 aromatic carbocycles. The lowest BCUT2D eigenvalue weighted by molar-refractivity contribution is -0.575. The molecule has 290 valence electrons. The van der Waals surface area contributed by atoms with Gasteiger partial charge in [0.1, 0.15) is 18.3 Å². The molecule has 6 N–H and O–H groups in total. The van der Waals surface area contributed by atoms with E-state index < -0.39 is 23.8 Å². The maximum atomic E-state index is 13.4. The number of aliphatic imine (C=N–C) groups is 1. The summed E-state index contributed by atoms with van der Waals surface area (Å²) in [5, 5.41) is 12.6. The first kappa shape index (κ1) is 36.9. The van der Waals surface area contributed by atoms with Gasteiger partial charge in [0.2, 0.25) is 17.5 Å². The van der Waals surface area contributed by atoms with Crippen molar-refractivity contribution in [2.24, 2.45) is 28.3 Å². The molecule has 1 unspecified atom stereocenters. The Balaban J connectivity index is 0.809. The Morgan fingerprint density at radius 1 is 0.945 bits per heavy atom. The summed E-state index contributed by atoms with van der Waals surface area (Å²) in [4.78, 5) is 64.0. The van der Waals surface area contributed by atoms with Gasteiger partial charge in [0, 0.05) is 55.1 Å². The van der Waals surface area contributed by atoms with Crippen molar-refractivity contribution in [3.8, 4) is 5.75 Å². The molecule has 6 aliphatic rings. The number of fused-ring (bicyclic) bond motifs is 2. The molecule has 4 saturated heterocycles. The van der Waals surface area contributed by atoms with Crippen molar-refractivity contribution in [1.82, 2.24) is 20.0 Å². The van der Waals surface area contributed by atoms with Gasteiger partial charge in [0.25, 0.3) is 11.8 Å². The Bertz CT molecular complexity index is 1980. The minimum Gasteiger partial charge on any atom is -0.507 e. The fourth-order valence-electron chi connectivity index (χ4n) is 9.63. The largest absolute Gasteiger partial charge is 0.507 e. The number of benzene rings is 2. The monoisotopic (exact) mass is 750 g/mol. The number of rotatable bonds is 8. The van der Waals surface area contributed by atoms with E-state index in [1.807, 2.05) is 24.3 Å². The summed E-state index contributed by atoms with van der Waals surface area (Å²) in [7, 11) is 0. The molecule has 55 heavy (non-hydrogen) atoms. The Morgan fingerprint density at radius 2 is 1.69 bits per heavy atom. The molecule has 8 rings (SSSR count). The second kappa shape index (κ2) is 15.2. The first-order valence-corrected chi connectivity index (χ1v) is 19.8. The molecule has 2 aromatic rings. The minimum atomic E-state index is -0.962. The molecule has 4 fully saturated rings. The molecule has 4 atom stereocenters. The van der Waals surface area contributed by atoms with Crippen molar-refractivity contribution < 1.29 is 28.9 Å². The van der Waals surface area contributed by atoms with Crippen LogP contribution in [-0.2, 0) is 9.59 Å². The summed E-state index contributed by atoms with van der Waals surface area (Å²) in [5.41, 5.74) is 16.2. The Labute approximate surface area is 321 Å². The molecule has 0 aliphatic carbocycles. The average Bonchev–Trinajstić information content (AvgIpc) is 3.41. The Kier molecular flexibility index (Phi) is 10.2. The van der Waals surface area contributed by atoms with Gasteiger partial charge in [-0.2, -0.15) is 0 Å². The lowest BCUT2D eigenvalue weighted by Gasteiger charge is -2.42. The summed E-state index contributed by atoms with van der Waals surface area (Å²) in [6.45, 7) is 11.0. The Hall–Kier alpha value is -5.08. The number of hydrogen-bond acceptors (Lipinski definition) is 11. The highest BCUT2D eigenvalue weighted by Gasteiger charge is 2.45. The lowest BCUT2D eigenvalue weighted by atomic mass is 9.89. The number of piperidine rings is 3.